The predicted octanol–water partition coefficient (Wildman–Crippen LogP) is 0.715. The van der Waals surface area contributed by atoms with E-state index in [-0.39, 0.29) is 10.9 Å². The maximum atomic E-state index is 11.9. The van der Waals surface area contributed by atoms with E-state index in [2.05, 4.69) is 19.2 Å². The fourth-order valence-electron chi connectivity index (χ4n) is 1.47. The van der Waals surface area contributed by atoms with E-state index in [0.29, 0.717) is 5.82 Å². The van der Waals surface area contributed by atoms with E-state index in [1.165, 1.54) is 7.11 Å². The Morgan fingerprint density at radius 3 is 2.90 bits per heavy atom. The summed E-state index contributed by atoms with van der Waals surface area (Å²) < 4.78 is 36.8. The highest BCUT2D eigenvalue weighted by molar-refractivity contribution is 7.92. The van der Waals surface area contributed by atoms with Crippen LogP contribution in [0.15, 0.2) is 12.4 Å². The van der Waals surface area contributed by atoms with Gasteiger partial charge in [-0.1, -0.05) is 0 Å². The fraction of sp³-hybridized carbons (Fsp3) is 0.500. The number of nitrogens with one attached hydrogen (secondary N) is 1. The van der Waals surface area contributed by atoms with Gasteiger partial charge < -0.3 is 4.74 Å². The summed E-state index contributed by atoms with van der Waals surface area (Å²) in [5.74, 6) is 0.311. The van der Waals surface area contributed by atoms with E-state index in [1.54, 1.807) is 31.0 Å². The zero-order chi connectivity index (χ0) is 14.8. The van der Waals surface area contributed by atoms with Crippen LogP contribution in [0, 0.1) is 0 Å². The van der Waals surface area contributed by atoms with Crippen molar-refractivity contribution in [1.29, 1.82) is 0 Å². The molecule has 2 heterocycles. The van der Waals surface area contributed by atoms with E-state index in [0.717, 1.165) is 17.1 Å². The van der Waals surface area contributed by atoms with Crippen molar-refractivity contribution in [2.24, 2.45) is 7.05 Å². The molecule has 0 spiro atoms. The van der Waals surface area contributed by atoms with Gasteiger partial charge in [0.25, 0.3) is 0 Å². The number of methoxy groups -OCH3 is 1. The van der Waals surface area contributed by atoms with E-state index < -0.39 is 16.1 Å². The summed E-state index contributed by atoms with van der Waals surface area (Å²) in [7, 11) is -0.250. The topological polar surface area (TPSA) is 99.0 Å². The van der Waals surface area contributed by atoms with Gasteiger partial charge in [0.2, 0.25) is 15.2 Å². The van der Waals surface area contributed by atoms with Crippen LogP contribution in [0.2, 0.25) is 0 Å². The van der Waals surface area contributed by atoms with Crippen molar-refractivity contribution in [3.63, 3.8) is 0 Å². The smallest absolute Gasteiger partial charge is 0.237 e. The number of nitrogens with zero attached hydrogens (tertiary/aromatic N) is 4. The molecule has 0 aliphatic rings. The van der Waals surface area contributed by atoms with Crippen molar-refractivity contribution in [2.75, 3.05) is 17.6 Å². The van der Waals surface area contributed by atoms with Crippen molar-refractivity contribution in [3.05, 3.63) is 12.4 Å². The summed E-state index contributed by atoms with van der Waals surface area (Å²) in [4.78, 5) is 4.14. The highest BCUT2D eigenvalue weighted by Gasteiger charge is 2.18. The van der Waals surface area contributed by atoms with Crippen LogP contribution < -0.4 is 4.72 Å². The highest BCUT2D eigenvalue weighted by atomic mass is 32.2. The molecule has 0 aliphatic carbocycles. The average molecular weight is 317 g/mol. The number of sulfonamides is 1. The number of anilines is 1. The van der Waals surface area contributed by atoms with Crippen LogP contribution in [-0.2, 0) is 21.8 Å². The number of hydrogen-bond acceptors (Lipinski definition) is 7. The molecule has 0 saturated heterocycles. The third kappa shape index (κ3) is 3.74. The lowest BCUT2D eigenvalue weighted by atomic mass is 10.3. The molecule has 0 amide bonds. The Morgan fingerprint density at radius 2 is 2.30 bits per heavy atom. The van der Waals surface area contributed by atoms with Gasteiger partial charge in [-0.15, -0.1) is 0 Å². The monoisotopic (exact) mass is 317 g/mol. The first kappa shape index (κ1) is 14.9. The molecule has 10 heteroatoms. The average Bonchev–Trinajstić information content (AvgIpc) is 2.96. The molecule has 1 N–H and O–H groups in total. The van der Waals surface area contributed by atoms with Gasteiger partial charge in [-0.2, -0.15) is 14.5 Å². The van der Waals surface area contributed by atoms with E-state index in [1.807, 2.05) is 0 Å². The van der Waals surface area contributed by atoms with Gasteiger partial charge in [-0.05, 0) is 6.92 Å². The summed E-state index contributed by atoms with van der Waals surface area (Å²) in [6.07, 6.45) is 2.99. The molecule has 0 bridgehead atoms. The number of ether oxygens (including phenoxy) is 1. The summed E-state index contributed by atoms with van der Waals surface area (Å²) in [6.45, 7) is 1.68. The molecule has 1 unspecified atom stereocenters. The van der Waals surface area contributed by atoms with E-state index >= 15 is 0 Å². The highest BCUT2D eigenvalue weighted by Crippen LogP contribution is 2.21. The second-order valence-corrected chi connectivity index (χ2v) is 6.77. The Bertz CT molecular complexity index is 679. The lowest BCUT2D eigenvalue weighted by Crippen LogP contribution is -2.25. The summed E-state index contributed by atoms with van der Waals surface area (Å²) >= 11 is 0.986. The fourth-order valence-corrected chi connectivity index (χ4v) is 3.60. The Hall–Kier alpha value is -1.52. The Morgan fingerprint density at radius 1 is 1.55 bits per heavy atom. The van der Waals surface area contributed by atoms with Crippen LogP contribution in [0.25, 0.3) is 11.4 Å². The third-order valence-electron chi connectivity index (χ3n) is 2.49. The van der Waals surface area contributed by atoms with Crippen LogP contribution in [0.5, 0.6) is 0 Å². The third-order valence-corrected chi connectivity index (χ3v) is 4.66. The van der Waals surface area contributed by atoms with Gasteiger partial charge >= 0.3 is 0 Å². The molecule has 110 valence electrons. The maximum Gasteiger partial charge on any atom is 0.237 e. The zero-order valence-corrected chi connectivity index (χ0v) is 12.9. The molecule has 2 aromatic heterocycles. The molecule has 0 radical (unpaired) electrons. The minimum absolute atomic E-state index is 0.134. The number of aromatic nitrogens is 4. The van der Waals surface area contributed by atoms with Crippen molar-refractivity contribution >= 4 is 26.7 Å². The van der Waals surface area contributed by atoms with Gasteiger partial charge in [0.1, 0.15) is 0 Å². The van der Waals surface area contributed by atoms with Crippen molar-refractivity contribution < 1.29 is 13.2 Å². The number of hydrogen-bond donors (Lipinski definition) is 1. The first-order valence-corrected chi connectivity index (χ1v) is 8.18. The zero-order valence-electron chi connectivity index (χ0n) is 11.3. The first-order chi connectivity index (χ1) is 9.39. The molecule has 8 nitrogen and oxygen atoms in total. The summed E-state index contributed by atoms with van der Waals surface area (Å²) in [5, 5.41) is 4.24. The lowest BCUT2D eigenvalue weighted by Gasteiger charge is -2.09. The Kier molecular flexibility index (Phi) is 4.35. The molecule has 0 fully saturated rings. The van der Waals surface area contributed by atoms with Crippen LogP contribution >= 0.6 is 11.5 Å². The summed E-state index contributed by atoms with van der Waals surface area (Å²) in [5.41, 5.74) is 0.736. The van der Waals surface area contributed by atoms with Crippen LogP contribution in [-0.4, -0.2) is 46.5 Å². The maximum absolute atomic E-state index is 11.9. The minimum Gasteiger partial charge on any atom is -0.381 e. The van der Waals surface area contributed by atoms with Crippen LogP contribution in [0.4, 0.5) is 5.13 Å². The van der Waals surface area contributed by atoms with E-state index in [4.69, 9.17) is 4.74 Å². The second-order valence-electron chi connectivity index (χ2n) is 4.26. The van der Waals surface area contributed by atoms with Crippen LogP contribution in [0.1, 0.15) is 6.92 Å². The lowest BCUT2D eigenvalue weighted by molar-refractivity contribution is 0.136. The summed E-state index contributed by atoms with van der Waals surface area (Å²) in [6, 6.07) is 0. The SMILES string of the molecule is COC(C)CS(=O)(=O)Nc1nc(-c2cnn(C)c2)ns1. The second kappa shape index (κ2) is 5.85. The van der Waals surface area contributed by atoms with Gasteiger partial charge in [-0.25, -0.2) is 8.42 Å². The van der Waals surface area contributed by atoms with Crippen molar-refractivity contribution in [1.82, 2.24) is 19.1 Å². The molecule has 2 rings (SSSR count). The molecular formula is C10H15N5O3S2. The minimum atomic E-state index is -3.50. The van der Waals surface area contributed by atoms with Gasteiger partial charge in [0.05, 0.1) is 23.6 Å². The first-order valence-electron chi connectivity index (χ1n) is 5.75. The van der Waals surface area contributed by atoms with Gasteiger partial charge in [0.15, 0.2) is 5.82 Å². The standard InChI is InChI=1S/C10H15N5O3S2/c1-7(18-3)6-20(16,17)14-10-12-9(13-19-10)8-4-11-15(2)5-8/h4-5,7H,6H2,1-3H3,(H,12,13,14). The van der Waals surface area contributed by atoms with Gasteiger partial charge in [-0.3, -0.25) is 9.40 Å². The van der Waals surface area contributed by atoms with Crippen molar-refractivity contribution in [3.8, 4) is 11.4 Å². The van der Waals surface area contributed by atoms with E-state index in [9.17, 15) is 8.42 Å². The molecule has 20 heavy (non-hydrogen) atoms. The number of rotatable bonds is 6. The molecular weight excluding hydrogens is 302 g/mol. The predicted molar refractivity (Wildman–Crippen MR) is 76.0 cm³/mol. The molecule has 2 aromatic rings. The molecule has 0 saturated carbocycles. The Balaban J connectivity index is 2.10. The quantitative estimate of drug-likeness (QED) is 0.842. The largest absolute Gasteiger partial charge is 0.381 e. The Labute approximate surface area is 121 Å². The molecule has 1 atom stereocenters. The van der Waals surface area contributed by atoms with Gasteiger partial charge in [0, 0.05) is 31.9 Å². The molecule has 0 aromatic carbocycles. The normalized spacial score (nSPS) is 13.3. The van der Waals surface area contributed by atoms with Crippen molar-refractivity contribution in [2.45, 2.75) is 13.0 Å². The number of aryl methyl sites for hydroxylation is 1. The van der Waals surface area contributed by atoms with Crippen LogP contribution in [0.3, 0.4) is 0 Å². The molecule has 0 aliphatic heterocycles.